The Morgan fingerprint density at radius 2 is 2.21 bits per heavy atom. The molecule has 1 atom stereocenters. The van der Waals surface area contributed by atoms with Gasteiger partial charge in [-0.15, -0.1) is 0 Å². The number of carbonyl (C=O) groups is 1. The standard InChI is InChI=1S/C13H16BrNO4/c14-10-1-3-11(4-2-10)19-9-13(17)15-5-6-18-12(7-15)8-16/h1-4,12,16H,5-9H2. The van der Waals surface area contributed by atoms with Crippen molar-refractivity contribution in [2.45, 2.75) is 6.10 Å². The summed E-state index contributed by atoms with van der Waals surface area (Å²) >= 11 is 3.33. The van der Waals surface area contributed by atoms with E-state index in [4.69, 9.17) is 14.6 Å². The largest absolute Gasteiger partial charge is 0.484 e. The van der Waals surface area contributed by atoms with E-state index < -0.39 is 0 Å². The van der Waals surface area contributed by atoms with E-state index in [1.807, 2.05) is 12.1 Å². The van der Waals surface area contributed by atoms with Crippen molar-refractivity contribution in [1.29, 1.82) is 0 Å². The summed E-state index contributed by atoms with van der Waals surface area (Å²) in [6.07, 6.45) is -0.287. The zero-order valence-corrected chi connectivity index (χ0v) is 12.0. The van der Waals surface area contributed by atoms with Gasteiger partial charge in [0.2, 0.25) is 0 Å². The fourth-order valence-corrected chi connectivity index (χ4v) is 2.09. The van der Waals surface area contributed by atoms with Crippen LogP contribution in [0.1, 0.15) is 0 Å². The van der Waals surface area contributed by atoms with Gasteiger partial charge < -0.3 is 19.5 Å². The number of morpholine rings is 1. The van der Waals surface area contributed by atoms with Gasteiger partial charge in [-0.1, -0.05) is 15.9 Å². The average molecular weight is 330 g/mol. The molecule has 0 radical (unpaired) electrons. The monoisotopic (exact) mass is 329 g/mol. The molecule has 1 aromatic rings. The zero-order valence-electron chi connectivity index (χ0n) is 10.4. The van der Waals surface area contributed by atoms with Gasteiger partial charge in [-0.05, 0) is 24.3 Å². The maximum Gasteiger partial charge on any atom is 0.260 e. The molecule has 0 saturated carbocycles. The predicted molar refractivity (Wildman–Crippen MR) is 73.0 cm³/mol. The second kappa shape index (κ2) is 6.88. The van der Waals surface area contributed by atoms with Crippen molar-refractivity contribution in [2.24, 2.45) is 0 Å². The number of benzene rings is 1. The Balaban J connectivity index is 1.82. The molecule has 104 valence electrons. The van der Waals surface area contributed by atoms with Gasteiger partial charge >= 0.3 is 0 Å². The lowest BCUT2D eigenvalue weighted by atomic mass is 10.3. The molecule has 1 N–H and O–H groups in total. The molecule has 0 spiro atoms. The van der Waals surface area contributed by atoms with Crippen LogP contribution in [0.5, 0.6) is 5.75 Å². The summed E-state index contributed by atoms with van der Waals surface area (Å²) in [4.78, 5) is 13.6. The minimum absolute atomic E-state index is 0.000217. The van der Waals surface area contributed by atoms with E-state index in [2.05, 4.69) is 15.9 Å². The second-order valence-corrected chi connectivity index (χ2v) is 5.17. The highest BCUT2D eigenvalue weighted by Gasteiger charge is 2.23. The van der Waals surface area contributed by atoms with Crippen molar-refractivity contribution in [3.63, 3.8) is 0 Å². The minimum atomic E-state index is -0.287. The van der Waals surface area contributed by atoms with Crippen molar-refractivity contribution < 1.29 is 19.4 Å². The van der Waals surface area contributed by atoms with Crippen LogP contribution in [0.25, 0.3) is 0 Å². The number of amides is 1. The number of aliphatic hydroxyl groups excluding tert-OH is 1. The van der Waals surface area contributed by atoms with Crippen LogP contribution in [0.3, 0.4) is 0 Å². The number of carbonyl (C=O) groups excluding carboxylic acids is 1. The molecule has 1 heterocycles. The van der Waals surface area contributed by atoms with Gasteiger partial charge in [0, 0.05) is 17.6 Å². The number of nitrogens with zero attached hydrogens (tertiary/aromatic N) is 1. The first-order valence-corrected chi connectivity index (χ1v) is 6.87. The quantitative estimate of drug-likeness (QED) is 0.897. The summed E-state index contributed by atoms with van der Waals surface area (Å²) in [5, 5.41) is 9.03. The number of hydrogen-bond acceptors (Lipinski definition) is 4. The van der Waals surface area contributed by atoms with Gasteiger partial charge in [0.25, 0.3) is 5.91 Å². The van der Waals surface area contributed by atoms with Gasteiger partial charge in [0.1, 0.15) is 5.75 Å². The zero-order chi connectivity index (χ0) is 13.7. The predicted octanol–water partition coefficient (Wildman–Crippen LogP) is 1.05. The molecule has 2 rings (SSSR count). The minimum Gasteiger partial charge on any atom is -0.484 e. The van der Waals surface area contributed by atoms with Crippen LogP contribution in [-0.2, 0) is 9.53 Å². The Kier molecular flexibility index (Phi) is 5.18. The molecule has 0 aliphatic carbocycles. The number of halogens is 1. The van der Waals surface area contributed by atoms with Crippen molar-refractivity contribution >= 4 is 21.8 Å². The van der Waals surface area contributed by atoms with Crippen molar-refractivity contribution in [1.82, 2.24) is 4.90 Å². The van der Waals surface area contributed by atoms with E-state index in [-0.39, 0.29) is 25.2 Å². The molecule has 1 aliphatic rings. The van der Waals surface area contributed by atoms with Crippen molar-refractivity contribution in [2.75, 3.05) is 32.9 Å². The van der Waals surface area contributed by atoms with Crippen LogP contribution in [0.4, 0.5) is 0 Å². The van der Waals surface area contributed by atoms with Crippen molar-refractivity contribution in [3.8, 4) is 5.75 Å². The summed E-state index contributed by atoms with van der Waals surface area (Å²) in [5.74, 6) is 0.563. The third-order valence-electron chi connectivity index (χ3n) is 2.87. The molecule has 19 heavy (non-hydrogen) atoms. The molecular formula is C13H16BrNO4. The number of hydrogen-bond donors (Lipinski definition) is 1. The van der Waals surface area contributed by atoms with E-state index in [1.54, 1.807) is 17.0 Å². The lowest BCUT2D eigenvalue weighted by Gasteiger charge is -2.31. The van der Waals surface area contributed by atoms with Crippen LogP contribution in [0.15, 0.2) is 28.7 Å². The molecule has 5 nitrogen and oxygen atoms in total. The van der Waals surface area contributed by atoms with Crippen LogP contribution >= 0.6 is 15.9 Å². The van der Waals surface area contributed by atoms with Gasteiger partial charge in [0.15, 0.2) is 6.61 Å². The van der Waals surface area contributed by atoms with E-state index in [9.17, 15) is 4.79 Å². The molecule has 0 bridgehead atoms. The molecule has 1 saturated heterocycles. The van der Waals surface area contributed by atoms with E-state index in [0.29, 0.717) is 25.4 Å². The van der Waals surface area contributed by atoms with Gasteiger partial charge in [0.05, 0.1) is 19.3 Å². The Morgan fingerprint density at radius 1 is 1.47 bits per heavy atom. The number of aliphatic hydroxyl groups is 1. The molecule has 1 aromatic carbocycles. The van der Waals surface area contributed by atoms with Crippen LogP contribution < -0.4 is 4.74 Å². The van der Waals surface area contributed by atoms with Gasteiger partial charge in [-0.3, -0.25) is 4.79 Å². The van der Waals surface area contributed by atoms with Crippen LogP contribution in [-0.4, -0.2) is 54.9 Å². The Labute approximate surface area is 120 Å². The fourth-order valence-electron chi connectivity index (χ4n) is 1.82. The molecule has 1 amide bonds. The van der Waals surface area contributed by atoms with E-state index in [0.717, 1.165) is 4.47 Å². The highest BCUT2D eigenvalue weighted by molar-refractivity contribution is 9.10. The van der Waals surface area contributed by atoms with Crippen LogP contribution in [0.2, 0.25) is 0 Å². The Bertz CT molecular complexity index is 423. The molecule has 1 fully saturated rings. The van der Waals surface area contributed by atoms with Crippen molar-refractivity contribution in [3.05, 3.63) is 28.7 Å². The highest BCUT2D eigenvalue weighted by Crippen LogP contribution is 2.16. The first-order chi connectivity index (χ1) is 9.19. The average Bonchev–Trinajstić information content (AvgIpc) is 2.46. The molecule has 1 aliphatic heterocycles. The molecule has 6 heteroatoms. The summed E-state index contributed by atoms with van der Waals surface area (Å²) in [6, 6.07) is 7.31. The molecule has 0 aromatic heterocycles. The van der Waals surface area contributed by atoms with E-state index >= 15 is 0 Å². The maximum atomic E-state index is 12.0. The Morgan fingerprint density at radius 3 is 2.89 bits per heavy atom. The highest BCUT2D eigenvalue weighted by atomic mass is 79.9. The third kappa shape index (κ3) is 4.19. The van der Waals surface area contributed by atoms with Gasteiger partial charge in [-0.2, -0.15) is 0 Å². The molecular weight excluding hydrogens is 314 g/mol. The lowest BCUT2D eigenvalue weighted by molar-refractivity contribution is -0.142. The first-order valence-electron chi connectivity index (χ1n) is 6.07. The summed E-state index contributed by atoms with van der Waals surface area (Å²) < 4.78 is 11.7. The smallest absolute Gasteiger partial charge is 0.260 e. The normalized spacial score (nSPS) is 19.3. The Hall–Kier alpha value is -1.11. The van der Waals surface area contributed by atoms with E-state index in [1.165, 1.54) is 0 Å². The summed E-state index contributed by atoms with van der Waals surface area (Å²) in [6.45, 7) is 1.34. The fraction of sp³-hybridized carbons (Fsp3) is 0.462. The number of rotatable bonds is 4. The third-order valence-corrected chi connectivity index (χ3v) is 3.40. The van der Waals surface area contributed by atoms with Crippen LogP contribution in [0, 0.1) is 0 Å². The molecule has 1 unspecified atom stereocenters. The number of ether oxygens (including phenoxy) is 2. The van der Waals surface area contributed by atoms with Gasteiger partial charge in [-0.25, -0.2) is 0 Å². The maximum absolute atomic E-state index is 12.0. The second-order valence-electron chi connectivity index (χ2n) is 4.26. The summed E-state index contributed by atoms with van der Waals surface area (Å²) in [7, 11) is 0. The first kappa shape index (κ1) is 14.3. The summed E-state index contributed by atoms with van der Waals surface area (Å²) in [5.41, 5.74) is 0. The SMILES string of the molecule is O=C(COc1ccc(Br)cc1)N1CCOC(CO)C1. The lowest BCUT2D eigenvalue weighted by Crippen LogP contribution is -2.48. The topological polar surface area (TPSA) is 59.0 Å².